The Balaban J connectivity index is 2.99. The molecule has 0 radical (unpaired) electrons. The minimum Gasteiger partial charge on any atom is -0.493 e. The van der Waals surface area contributed by atoms with Crippen molar-refractivity contribution in [3.63, 3.8) is 0 Å². The molecule has 1 N–H and O–H groups in total. The predicted molar refractivity (Wildman–Crippen MR) is 64.2 cm³/mol. The number of ether oxygens (including phenoxy) is 2. The molecule has 1 aromatic carbocycles. The Morgan fingerprint density at radius 2 is 1.82 bits per heavy atom. The lowest BCUT2D eigenvalue weighted by atomic mass is 10.1. The maximum atomic E-state index is 11.1. The van der Waals surface area contributed by atoms with Crippen molar-refractivity contribution in [2.75, 3.05) is 26.2 Å². The van der Waals surface area contributed by atoms with Crippen LogP contribution >= 0.6 is 0 Å². The lowest BCUT2D eigenvalue weighted by Crippen LogP contribution is -2.12. The van der Waals surface area contributed by atoms with E-state index in [0.29, 0.717) is 17.1 Å². The van der Waals surface area contributed by atoms with Crippen LogP contribution < -0.4 is 9.47 Å². The Labute approximate surface area is 101 Å². The first-order valence-electron chi connectivity index (χ1n) is 4.95. The Morgan fingerprint density at radius 1 is 1.24 bits per heavy atom. The van der Waals surface area contributed by atoms with Gasteiger partial charge in [0.15, 0.2) is 11.5 Å². The van der Waals surface area contributed by atoms with Crippen molar-refractivity contribution in [3.05, 3.63) is 23.8 Å². The van der Waals surface area contributed by atoms with E-state index in [1.165, 1.54) is 14.2 Å². The highest BCUT2D eigenvalue weighted by Gasteiger charge is 2.16. The molecule has 1 atom stereocenters. The van der Waals surface area contributed by atoms with Crippen molar-refractivity contribution >= 4 is 9.84 Å². The fourth-order valence-electron chi connectivity index (χ4n) is 1.44. The summed E-state index contributed by atoms with van der Waals surface area (Å²) in [6.45, 7) is 0. The quantitative estimate of drug-likeness (QED) is 0.847. The third-order valence-electron chi connectivity index (χ3n) is 2.25. The van der Waals surface area contributed by atoms with E-state index in [9.17, 15) is 13.5 Å². The minimum absolute atomic E-state index is 0.317. The van der Waals surface area contributed by atoms with Crippen molar-refractivity contribution in [2.24, 2.45) is 0 Å². The molecular formula is C11H16O5S. The Morgan fingerprint density at radius 3 is 2.29 bits per heavy atom. The summed E-state index contributed by atoms with van der Waals surface area (Å²) < 4.78 is 32.3. The maximum Gasteiger partial charge on any atom is 0.161 e. The van der Waals surface area contributed by atoms with Crippen molar-refractivity contribution in [1.82, 2.24) is 0 Å². The van der Waals surface area contributed by atoms with Gasteiger partial charge in [0.1, 0.15) is 9.84 Å². The van der Waals surface area contributed by atoms with E-state index in [-0.39, 0.29) is 5.75 Å². The zero-order valence-corrected chi connectivity index (χ0v) is 10.8. The summed E-state index contributed by atoms with van der Waals surface area (Å²) in [6, 6.07) is 4.80. The second-order valence-corrected chi connectivity index (χ2v) is 5.91. The third-order valence-corrected chi connectivity index (χ3v) is 3.17. The number of sulfone groups is 1. The molecule has 5 nitrogen and oxygen atoms in total. The van der Waals surface area contributed by atoms with E-state index >= 15 is 0 Å². The highest BCUT2D eigenvalue weighted by Crippen LogP contribution is 2.30. The molecule has 0 aromatic heterocycles. The van der Waals surface area contributed by atoms with E-state index in [1.807, 2.05) is 0 Å². The van der Waals surface area contributed by atoms with Crippen LogP contribution in [0.4, 0.5) is 0 Å². The van der Waals surface area contributed by atoms with Crippen molar-refractivity contribution in [3.8, 4) is 11.5 Å². The molecule has 0 fully saturated rings. The van der Waals surface area contributed by atoms with E-state index in [0.717, 1.165) is 6.26 Å². The van der Waals surface area contributed by atoms with Gasteiger partial charge in [0.2, 0.25) is 0 Å². The van der Waals surface area contributed by atoms with Crippen molar-refractivity contribution in [2.45, 2.75) is 6.10 Å². The number of hydrogen-bond acceptors (Lipinski definition) is 5. The minimum atomic E-state index is -3.23. The highest BCUT2D eigenvalue weighted by molar-refractivity contribution is 7.90. The smallest absolute Gasteiger partial charge is 0.161 e. The molecule has 0 spiro atoms. The molecule has 0 saturated carbocycles. The summed E-state index contributed by atoms with van der Waals surface area (Å²) in [5.74, 6) is 0.669. The molecule has 0 saturated heterocycles. The van der Waals surface area contributed by atoms with E-state index in [1.54, 1.807) is 18.2 Å². The Kier molecular flexibility index (Phi) is 4.36. The highest BCUT2D eigenvalue weighted by atomic mass is 32.2. The molecule has 0 bridgehead atoms. The SMILES string of the molecule is COc1ccc(C(O)CS(C)(=O)=O)cc1OC. The standard InChI is InChI=1S/C11H16O5S/c1-15-10-5-4-8(6-11(10)16-2)9(12)7-17(3,13)14/h4-6,9,12H,7H2,1-3H3. The van der Waals surface area contributed by atoms with E-state index in [2.05, 4.69) is 0 Å². The number of aliphatic hydroxyl groups excluding tert-OH is 1. The van der Waals surface area contributed by atoms with Crippen LogP contribution in [0.25, 0.3) is 0 Å². The van der Waals surface area contributed by atoms with Gasteiger partial charge in [0.05, 0.1) is 26.1 Å². The van der Waals surface area contributed by atoms with Gasteiger partial charge >= 0.3 is 0 Å². The van der Waals surface area contributed by atoms with Crippen LogP contribution in [0.3, 0.4) is 0 Å². The summed E-state index contributed by atoms with van der Waals surface area (Å²) in [7, 11) is -0.248. The molecule has 96 valence electrons. The molecule has 0 amide bonds. The lowest BCUT2D eigenvalue weighted by molar-refractivity contribution is 0.201. The van der Waals surface area contributed by atoms with Crippen LogP contribution in [-0.2, 0) is 9.84 Å². The second kappa shape index (κ2) is 5.37. The fourth-order valence-corrected chi connectivity index (χ4v) is 2.21. The number of benzene rings is 1. The van der Waals surface area contributed by atoms with Gasteiger partial charge in [-0.15, -0.1) is 0 Å². The average molecular weight is 260 g/mol. The predicted octanol–water partition coefficient (Wildman–Crippen LogP) is 0.782. The molecule has 17 heavy (non-hydrogen) atoms. The molecule has 6 heteroatoms. The molecule has 1 rings (SSSR count). The summed E-state index contributed by atoms with van der Waals surface area (Å²) in [4.78, 5) is 0. The number of aliphatic hydroxyl groups is 1. The molecule has 0 aliphatic rings. The third kappa shape index (κ3) is 3.90. The van der Waals surface area contributed by atoms with Gasteiger partial charge in [-0.1, -0.05) is 6.07 Å². The first kappa shape index (κ1) is 13.8. The van der Waals surface area contributed by atoms with Crippen molar-refractivity contribution in [1.29, 1.82) is 0 Å². The Hall–Kier alpha value is -1.27. The van der Waals surface area contributed by atoms with Gasteiger partial charge in [-0.2, -0.15) is 0 Å². The van der Waals surface area contributed by atoms with Gasteiger partial charge in [-0.05, 0) is 17.7 Å². The fraction of sp³-hybridized carbons (Fsp3) is 0.455. The molecule has 1 unspecified atom stereocenters. The average Bonchev–Trinajstić information content (AvgIpc) is 2.25. The van der Waals surface area contributed by atoms with E-state index < -0.39 is 15.9 Å². The van der Waals surface area contributed by atoms with Crippen molar-refractivity contribution < 1.29 is 23.0 Å². The van der Waals surface area contributed by atoms with Gasteiger partial charge in [-0.25, -0.2) is 8.42 Å². The maximum absolute atomic E-state index is 11.1. The van der Waals surface area contributed by atoms with Gasteiger partial charge in [0.25, 0.3) is 0 Å². The first-order valence-corrected chi connectivity index (χ1v) is 7.01. The second-order valence-electron chi connectivity index (χ2n) is 3.72. The van der Waals surface area contributed by atoms with Gasteiger partial charge in [-0.3, -0.25) is 0 Å². The van der Waals surface area contributed by atoms with E-state index in [4.69, 9.17) is 9.47 Å². The zero-order chi connectivity index (χ0) is 13.1. The molecular weight excluding hydrogens is 244 g/mol. The van der Waals surface area contributed by atoms with Gasteiger partial charge in [0, 0.05) is 6.26 Å². The van der Waals surface area contributed by atoms with Crippen LogP contribution in [0.15, 0.2) is 18.2 Å². The normalized spacial score (nSPS) is 13.2. The molecule has 1 aromatic rings. The number of methoxy groups -OCH3 is 2. The molecule has 0 aliphatic heterocycles. The summed E-state index contributed by atoms with van der Waals surface area (Å²) in [5, 5.41) is 9.76. The topological polar surface area (TPSA) is 72.8 Å². The largest absolute Gasteiger partial charge is 0.493 e. The monoisotopic (exact) mass is 260 g/mol. The summed E-state index contributed by atoms with van der Waals surface area (Å²) in [5.41, 5.74) is 0.480. The van der Waals surface area contributed by atoms with Gasteiger partial charge < -0.3 is 14.6 Å². The molecule has 0 aliphatic carbocycles. The Bertz CT molecular complexity index is 481. The summed E-state index contributed by atoms with van der Waals surface area (Å²) >= 11 is 0. The van der Waals surface area contributed by atoms with Crippen LogP contribution in [0.2, 0.25) is 0 Å². The zero-order valence-electron chi connectivity index (χ0n) is 10.0. The molecule has 0 heterocycles. The number of hydrogen-bond donors (Lipinski definition) is 1. The lowest BCUT2D eigenvalue weighted by Gasteiger charge is -2.13. The van der Waals surface area contributed by atoms with Crippen LogP contribution in [0.1, 0.15) is 11.7 Å². The van der Waals surface area contributed by atoms with Crippen LogP contribution in [-0.4, -0.2) is 39.8 Å². The number of rotatable bonds is 5. The van der Waals surface area contributed by atoms with Crippen LogP contribution in [0, 0.1) is 0 Å². The summed E-state index contributed by atoms with van der Waals surface area (Å²) in [6.07, 6.45) is 0.0153. The first-order chi connectivity index (χ1) is 7.87. The van der Waals surface area contributed by atoms with Crippen LogP contribution in [0.5, 0.6) is 11.5 Å².